The lowest BCUT2D eigenvalue weighted by Gasteiger charge is -2.45. The number of nitrogen functional groups attached to an aromatic ring is 1. The van der Waals surface area contributed by atoms with Gasteiger partial charge in [-0.25, -0.2) is 14.1 Å². The summed E-state index contributed by atoms with van der Waals surface area (Å²) >= 11 is 0.945. The van der Waals surface area contributed by atoms with E-state index in [2.05, 4.69) is 15.5 Å². The highest BCUT2D eigenvalue weighted by atomic mass is 32.2. The van der Waals surface area contributed by atoms with Crippen molar-refractivity contribution in [1.29, 1.82) is 0 Å². The number of thiazole rings is 1. The van der Waals surface area contributed by atoms with E-state index in [0.717, 1.165) is 11.3 Å². The summed E-state index contributed by atoms with van der Waals surface area (Å²) in [5, 5.41) is 16.5. The van der Waals surface area contributed by atoms with Crippen LogP contribution in [0.25, 0.3) is 0 Å². The van der Waals surface area contributed by atoms with Crippen LogP contribution in [0.5, 0.6) is 0 Å². The quantitative estimate of drug-likeness (QED) is 0.0946. The van der Waals surface area contributed by atoms with Gasteiger partial charge >= 0.3 is 16.3 Å². The van der Waals surface area contributed by atoms with Crippen molar-refractivity contribution in [1.82, 2.24) is 19.5 Å². The third-order valence-electron chi connectivity index (χ3n) is 5.31. The summed E-state index contributed by atoms with van der Waals surface area (Å²) < 4.78 is 33.0. The zero-order valence-electron chi connectivity index (χ0n) is 18.4. The lowest BCUT2D eigenvalue weighted by molar-refractivity contribution is -0.161. The Morgan fingerprint density at radius 1 is 1.37 bits per heavy atom. The van der Waals surface area contributed by atoms with Crippen molar-refractivity contribution in [2.45, 2.75) is 44.0 Å². The molecule has 3 atom stereocenters. The average molecular weight is 534 g/mol. The van der Waals surface area contributed by atoms with E-state index in [1.54, 1.807) is 0 Å². The van der Waals surface area contributed by atoms with Crippen LogP contribution in [0.1, 0.15) is 26.0 Å². The van der Waals surface area contributed by atoms with E-state index in [9.17, 15) is 37.3 Å². The number of anilines is 1. The van der Waals surface area contributed by atoms with Gasteiger partial charge in [0.05, 0.1) is 12.1 Å². The molecule has 0 bridgehead atoms. The zero-order valence-corrected chi connectivity index (χ0v) is 20.1. The fourth-order valence-corrected chi connectivity index (χ4v) is 4.74. The fourth-order valence-electron chi connectivity index (χ4n) is 3.32. The van der Waals surface area contributed by atoms with Crippen LogP contribution in [0.4, 0.5) is 5.13 Å². The molecule has 1 aromatic heterocycles. The lowest BCUT2D eigenvalue weighted by atomic mass is 9.97. The van der Waals surface area contributed by atoms with Gasteiger partial charge in [-0.1, -0.05) is 5.16 Å². The van der Waals surface area contributed by atoms with Crippen LogP contribution in [-0.2, 0) is 34.3 Å². The Morgan fingerprint density at radius 3 is 2.51 bits per heavy atom. The number of carbonyl (C=O) groups excluding carboxylic acids is 3. The number of aromatic nitrogens is 1. The largest absolute Gasteiger partial charge is 0.478 e. The Morgan fingerprint density at radius 2 is 2.03 bits per heavy atom. The molecule has 35 heavy (non-hydrogen) atoms. The Balaban J connectivity index is 1.87. The predicted octanol–water partition coefficient (Wildman–Crippen LogP) is -2.63. The molecule has 3 amide bonds. The summed E-state index contributed by atoms with van der Waals surface area (Å²) in [6, 6.07) is -3.61. The first-order valence-corrected chi connectivity index (χ1v) is 12.3. The van der Waals surface area contributed by atoms with Gasteiger partial charge in [0, 0.05) is 18.5 Å². The Hall–Kier alpha value is -3.35. The Kier molecular flexibility index (Phi) is 7.02. The number of β-lactam (4-membered cyclic amide) rings is 1. The highest BCUT2D eigenvalue weighted by Crippen LogP contribution is 2.26. The number of rotatable bonds is 9. The van der Waals surface area contributed by atoms with E-state index in [-0.39, 0.29) is 28.2 Å². The van der Waals surface area contributed by atoms with Crippen molar-refractivity contribution in [3.8, 4) is 0 Å². The third kappa shape index (κ3) is 5.34. The zero-order chi connectivity index (χ0) is 26.3. The lowest BCUT2D eigenvalue weighted by Crippen LogP contribution is -2.74. The second-order valence-corrected chi connectivity index (χ2v) is 10.4. The molecule has 2 saturated heterocycles. The normalized spacial score (nSPS) is 23.3. The van der Waals surface area contributed by atoms with Crippen LogP contribution in [0, 0.1) is 0 Å². The number of oxime groups is 1. The fraction of sp³-hybridized carbons (Fsp3) is 0.529. The maximum absolute atomic E-state index is 13.0. The maximum Gasteiger partial charge on any atom is 0.362 e. The van der Waals surface area contributed by atoms with E-state index >= 15 is 0 Å². The number of hydrogen-bond acceptors (Lipinski definition) is 12. The van der Waals surface area contributed by atoms with Gasteiger partial charge in [0.25, 0.3) is 11.8 Å². The minimum atomic E-state index is -5.00. The molecule has 0 aliphatic carbocycles. The van der Waals surface area contributed by atoms with Crippen LogP contribution >= 0.6 is 11.3 Å². The van der Waals surface area contributed by atoms with E-state index in [1.807, 2.05) is 0 Å². The molecule has 1 aromatic rings. The van der Waals surface area contributed by atoms with Crippen molar-refractivity contribution in [3.05, 3.63) is 11.1 Å². The van der Waals surface area contributed by atoms with E-state index in [1.165, 1.54) is 24.1 Å². The molecule has 3 rings (SSSR count). The number of carboxylic acid groups (broad SMARTS) is 1. The van der Waals surface area contributed by atoms with Crippen molar-refractivity contribution < 1.29 is 42.1 Å². The Labute approximate surface area is 202 Å². The Bertz CT molecular complexity index is 1200. The van der Waals surface area contributed by atoms with Gasteiger partial charge in [0.1, 0.15) is 11.7 Å². The van der Waals surface area contributed by atoms with Crippen molar-refractivity contribution in [2.24, 2.45) is 10.9 Å². The van der Waals surface area contributed by atoms with E-state index < -0.39 is 63.4 Å². The molecule has 2 aliphatic heterocycles. The smallest absolute Gasteiger partial charge is 0.362 e. The van der Waals surface area contributed by atoms with Crippen molar-refractivity contribution >= 4 is 56.2 Å². The molecule has 0 aromatic carbocycles. The topological polar surface area (TPSA) is 248 Å². The molecule has 0 spiro atoms. The standard InChI is InChI=1S/C17H23N7O9S2/c1-17(2,15(28)29)33-22-10(8-6-34-16(19)20-8)12(25)21-11-9(24(14(11)27)35(30,31)32)5-23-4-3-7(18)13(23)26/h6-7,9,11H,3-5,18H2,1-2H3,(H2,19,20)(H,21,25)(H,28,29)(H,30,31,32)/t7-,9-,11-/m0/s1. The van der Waals surface area contributed by atoms with Gasteiger partial charge in [-0.3, -0.25) is 18.9 Å². The number of carboxylic acids is 1. The van der Waals surface area contributed by atoms with Crippen molar-refractivity contribution in [2.75, 3.05) is 18.8 Å². The number of nitrogens with one attached hydrogen (secondary N) is 1. The second-order valence-electron chi connectivity index (χ2n) is 8.23. The number of likely N-dealkylation sites (tertiary alicyclic amines) is 1. The highest BCUT2D eigenvalue weighted by molar-refractivity contribution is 7.84. The summed E-state index contributed by atoms with van der Waals surface area (Å²) in [4.78, 5) is 59.1. The molecular formula is C17H23N7O9S2. The van der Waals surface area contributed by atoms with Crippen LogP contribution in [0.15, 0.2) is 10.5 Å². The summed E-state index contributed by atoms with van der Waals surface area (Å²) in [5.74, 6) is -4.09. The summed E-state index contributed by atoms with van der Waals surface area (Å²) in [6.07, 6.45) is 0.307. The number of carbonyl (C=O) groups is 4. The number of hydrogen-bond donors (Lipinski definition) is 5. The van der Waals surface area contributed by atoms with Gasteiger partial charge in [-0.15, -0.1) is 11.3 Å². The van der Waals surface area contributed by atoms with Gasteiger partial charge in [-0.05, 0) is 20.3 Å². The predicted molar refractivity (Wildman–Crippen MR) is 119 cm³/mol. The molecular weight excluding hydrogens is 510 g/mol. The first-order chi connectivity index (χ1) is 16.1. The molecule has 16 nitrogen and oxygen atoms in total. The summed E-state index contributed by atoms with van der Waals surface area (Å²) in [7, 11) is -5.00. The molecule has 0 radical (unpaired) electrons. The molecule has 18 heteroatoms. The molecule has 0 unspecified atom stereocenters. The number of aliphatic carboxylic acids is 1. The number of amides is 3. The average Bonchev–Trinajstić information content (AvgIpc) is 3.30. The third-order valence-corrected chi connectivity index (χ3v) is 6.93. The molecule has 3 heterocycles. The van der Waals surface area contributed by atoms with Crippen LogP contribution in [-0.4, -0.2) is 98.5 Å². The van der Waals surface area contributed by atoms with E-state index in [0.29, 0.717) is 6.42 Å². The second kappa shape index (κ2) is 9.36. The SMILES string of the molecule is CC(C)(ON=C(C(=O)N[C@@H]1C(=O)N(S(=O)(=O)O)[C@H]1CN1CC[C@H](N)C1=O)c1csc(N)n1)C(=O)O. The monoisotopic (exact) mass is 533 g/mol. The molecule has 0 saturated carbocycles. The maximum atomic E-state index is 13.0. The van der Waals surface area contributed by atoms with Crippen LogP contribution in [0.2, 0.25) is 0 Å². The number of nitrogens with zero attached hydrogens (tertiary/aromatic N) is 4. The summed E-state index contributed by atoms with van der Waals surface area (Å²) in [6.45, 7) is 2.21. The molecule has 192 valence electrons. The van der Waals surface area contributed by atoms with Gasteiger partial charge in [0.15, 0.2) is 10.8 Å². The van der Waals surface area contributed by atoms with Crippen LogP contribution in [0.3, 0.4) is 0 Å². The van der Waals surface area contributed by atoms with Crippen molar-refractivity contribution in [3.63, 3.8) is 0 Å². The minimum absolute atomic E-state index is 0.0528. The van der Waals surface area contributed by atoms with E-state index in [4.69, 9.17) is 16.3 Å². The minimum Gasteiger partial charge on any atom is -0.478 e. The molecule has 7 N–H and O–H groups in total. The van der Waals surface area contributed by atoms with Gasteiger partial charge in [0.2, 0.25) is 11.5 Å². The molecule has 2 fully saturated rings. The first-order valence-electron chi connectivity index (χ1n) is 10.0. The number of nitrogens with two attached hydrogens (primary N) is 2. The first kappa shape index (κ1) is 26.3. The highest BCUT2D eigenvalue weighted by Gasteiger charge is 2.55. The van der Waals surface area contributed by atoms with Gasteiger partial charge < -0.3 is 31.6 Å². The van der Waals surface area contributed by atoms with Gasteiger partial charge in [-0.2, -0.15) is 8.42 Å². The van der Waals surface area contributed by atoms with Crippen LogP contribution < -0.4 is 16.8 Å². The summed E-state index contributed by atoms with van der Waals surface area (Å²) in [5.41, 5.74) is 8.79. The molecule has 2 aliphatic rings.